The Kier molecular flexibility index (Phi) is 4.10. The van der Waals surface area contributed by atoms with Gasteiger partial charge >= 0.3 is 6.03 Å². The third-order valence-electron chi connectivity index (χ3n) is 2.64. The highest BCUT2D eigenvalue weighted by Crippen LogP contribution is 2.18. The molecule has 1 unspecified atom stereocenters. The number of sulfone groups is 1. The molecule has 1 atom stereocenters. The molecular formula is C10H16N2O5S. The van der Waals surface area contributed by atoms with Crippen LogP contribution >= 0.6 is 0 Å². The summed E-state index contributed by atoms with van der Waals surface area (Å²) in [6.07, 6.45) is 1.02. The van der Waals surface area contributed by atoms with Gasteiger partial charge in [-0.2, -0.15) is 0 Å². The van der Waals surface area contributed by atoms with Gasteiger partial charge in [-0.1, -0.05) is 13.8 Å². The molecule has 0 aromatic rings. The van der Waals surface area contributed by atoms with Gasteiger partial charge in [0.15, 0.2) is 0 Å². The second-order valence-corrected chi connectivity index (χ2v) is 6.90. The van der Waals surface area contributed by atoms with Gasteiger partial charge in [0.05, 0.1) is 5.75 Å². The summed E-state index contributed by atoms with van der Waals surface area (Å²) in [5, 5.41) is 2.06. The number of rotatable bonds is 4. The third kappa shape index (κ3) is 3.28. The van der Waals surface area contributed by atoms with Crippen LogP contribution in [0.3, 0.4) is 0 Å². The van der Waals surface area contributed by atoms with Crippen molar-refractivity contribution in [3.63, 3.8) is 0 Å². The van der Waals surface area contributed by atoms with Crippen LogP contribution in [0, 0.1) is 11.8 Å². The molecule has 1 aliphatic rings. The van der Waals surface area contributed by atoms with Gasteiger partial charge < -0.3 is 0 Å². The lowest BCUT2D eigenvalue weighted by Gasteiger charge is -2.31. The van der Waals surface area contributed by atoms with Crippen LogP contribution in [0.4, 0.5) is 4.79 Å². The van der Waals surface area contributed by atoms with Gasteiger partial charge in [0.1, 0.15) is 15.8 Å². The van der Waals surface area contributed by atoms with Crippen LogP contribution in [-0.4, -0.2) is 49.7 Å². The minimum Gasteiger partial charge on any atom is -0.277 e. The molecule has 4 amide bonds. The first-order valence-corrected chi connectivity index (χ1v) is 7.53. The van der Waals surface area contributed by atoms with Crippen molar-refractivity contribution >= 4 is 27.7 Å². The van der Waals surface area contributed by atoms with Crippen LogP contribution in [0.1, 0.15) is 13.8 Å². The fourth-order valence-electron chi connectivity index (χ4n) is 1.69. The Labute approximate surface area is 105 Å². The zero-order chi connectivity index (χ0) is 14.1. The Morgan fingerprint density at radius 1 is 1.28 bits per heavy atom. The number of barbiturate groups is 1. The van der Waals surface area contributed by atoms with Crippen molar-refractivity contribution < 1.29 is 22.8 Å². The number of carbonyl (C=O) groups excluding carboxylic acids is 3. The number of carbonyl (C=O) groups is 3. The van der Waals surface area contributed by atoms with Crippen LogP contribution in [0.25, 0.3) is 0 Å². The predicted molar refractivity (Wildman–Crippen MR) is 63.3 cm³/mol. The Bertz CT molecular complexity index is 482. The zero-order valence-corrected chi connectivity index (χ0v) is 11.3. The molecule has 102 valence electrons. The van der Waals surface area contributed by atoms with E-state index in [0.29, 0.717) is 0 Å². The van der Waals surface area contributed by atoms with Gasteiger partial charge in [-0.3, -0.25) is 19.8 Å². The third-order valence-corrected chi connectivity index (χ3v) is 3.57. The average Bonchev–Trinajstić information content (AvgIpc) is 2.13. The van der Waals surface area contributed by atoms with E-state index < -0.39 is 33.6 Å². The van der Waals surface area contributed by atoms with E-state index in [1.807, 2.05) is 0 Å². The number of hydrogen-bond donors (Lipinski definition) is 1. The molecule has 8 heteroatoms. The maximum atomic E-state index is 12.0. The molecule has 0 aliphatic carbocycles. The predicted octanol–water partition coefficient (Wildman–Crippen LogP) is -0.618. The van der Waals surface area contributed by atoms with Gasteiger partial charge in [0.25, 0.3) is 0 Å². The van der Waals surface area contributed by atoms with Gasteiger partial charge in [-0.05, 0) is 5.92 Å². The first-order valence-electron chi connectivity index (χ1n) is 5.47. The molecule has 7 nitrogen and oxygen atoms in total. The van der Waals surface area contributed by atoms with Crippen molar-refractivity contribution in [3.05, 3.63) is 0 Å². The van der Waals surface area contributed by atoms with Crippen LogP contribution in [-0.2, 0) is 19.4 Å². The SMILES string of the molecule is CC(C)C1C(=O)NC(=O)N(CCS(C)(=O)=O)C1=O. The van der Waals surface area contributed by atoms with Crippen molar-refractivity contribution in [1.82, 2.24) is 10.2 Å². The monoisotopic (exact) mass is 276 g/mol. The fraction of sp³-hybridized carbons (Fsp3) is 0.700. The van der Waals surface area contributed by atoms with E-state index in [2.05, 4.69) is 5.32 Å². The number of urea groups is 1. The molecule has 1 N–H and O–H groups in total. The molecule has 0 aromatic heterocycles. The summed E-state index contributed by atoms with van der Waals surface area (Å²) in [5.74, 6) is -2.78. The highest BCUT2D eigenvalue weighted by molar-refractivity contribution is 7.90. The summed E-state index contributed by atoms with van der Waals surface area (Å²) in [4.78, 5) is 35.7. The van der Waals surface area contributed by atoms with Crippen LogP contribution in [0.5, 0.6) is 0 Å². The standard InChI is InChI=1S/C10H16N2O5S/c1-6(2)7-8(13)11-10(15)12(9(7)14)4-5-18(3,16)17/h6-7H,4-5H2,1-3H3,(H,11,13,15). The molecule has 0 spiro atoms. The average molecular weight is 276 g/mol. The molecule has 1 aliphatic heterocycles. The van der Waals surface area contributed by atoms with E-state index in [1.165, 1.54) is 0 Å². The van der Waals surface area contributed by atoms with E-state index in [4.69, 9.17) is 0 Å². The lowest BCUT2D eigenvalue weighted by atomic mass is 9.92. The summed E-state index contributed by atoms with van der Waals surface area (Å²) >= 11 is 0. The van der Waals surface area contributed by atoms with E-state index >= 15 is 0 Å². The topological polar surface area (TPSA) is 101 Å². The van der Waals surface area contributed by atoms with E-state index in [0.717, 1.165) is 11.2 Å². The summed E-state index contributed by atoms with van der Waals surface area (Å²) in [7, 11) is -3.28. The smallest absolute Gasteiger partial charge is 0.277 e. The Hall–Kier alpha value is -1.44. The highest BCUT2D eigenvalue weighted by atomic mass is 32.2. The number of amides is 4. The number of hydrogen-bond acceptors (Lipinski definition) is 5. The van der Waals surface area contributed by atoms with Crippen molar-refractivity contribution in [1.29, 1.82) is 0 Å². The van der Waals surface area contributed by atoms with Gasteiger partial charge in [-0.15, -0.1) is 0 Å². The maximum Gasteiger partial charge on any atom is 0.330 e. The fourth-order valence-corrected chi connectivity index (χ4v) is 2.20. The summed E-state index contributed by atoms with van der Waals surface area (Å²) in [6, 6.07) is -0.856. The minimum atomic E-state index is -3.28. The number of imide groups is 2. The van der Waals surface area contributed by atoms with Gasteiger partial charge in [-0.25, -0.2) is 13.2 Å². The molecule has 18 heavy (non-hydrogen) atoms. The first kappa shape index (κ1) is 14.6. The Morgan fingerprint density at radius 3 is 2.28 bits per heavy atom. The Morgan fingerprint density at radius 2 is 1.83 bits per heavy atom. The molecule has 1 heterocycles. The molecule has 1 saturated heterocycles. The molecule has 0 radical (unpaired) electrons. The molecule has 1 fully saturated rings. The number of nitrogens with one attached hydrogen (secondary N) is 1. The summed E-state index contributed by atoms with van der Waals surface area (Å²) in [5.41, 5.74) is 0. The van der Waals surface area contributed by atoms with Crippen molar-refractivity contribution in [3.8, 4) is 0 Å². The highest BCUT2D eigenvalue weighted by Gasteiger charge is 2.41. The van der Waals surface area contributed by atoms with Gasteiger partial charge in [0, 0.05) is 12.8 Å². The quantitative estimate of drug-likeness (QED) is 0.690. The molecular weight excluding hydrogens is 260 g/mol. The largest absolute Gasteiger partial charge is 0.330 e. The molecule has 0 bridgehead atoms. The van der Waals surface area contributed by atoms with Crippen molar-refractivity contribution in [2.75, 3.05) is 18.6 Å². The van der Waals surface area contributed by atoms with Crippen molar-refractivity contribution in [2.24, 2.45) is 11.8 Å². The minimum absolute atomic E-state index is 0.236. The van der Waals surface area contributed by atoms with Crippen LogP contribution in [0.2, 0.25) is 0 Å². The normalized spacial score (nSPS) is 21.4. The summed E-state index contributed by atoms with van der Waals surface area (Å²) < 4.78 is 22.1. The van der Waals surface area contributed by atoms with Crippen LogP contribution in [0.15, 0.2) is 0 Å². The van der Waals surface area contributed by atoms with Crippen LogP contribution < -0.4 is 5.32 Å². The van der Waals surface area contributed by atoms with Crippen molar-refractivity contribution in [2.45, 2.75) is 13.8 Å². The first-order chi connectivity index (χ1) is 8.13. The van der Waals surface area contributed by atoms with Gasteiger partial charge in [0.2, 0.25) is 11.8 Å². The second-order valence-electron chi connectivity index (χ2n) is 4.64. The van der Waals surface area contributed by atoms with E-state index in [-0.39, 0.29) is 18.2 Å². The number of nitrogens with zero attached hydrogens (tertiary/aromatic N) is 1. The van der Waals surface area contributed by atoms with E-state index in [1.54, 1.807) is 13.8 Å². The lowest BCUT2D eigenvalue weighted by molar-refractivity contribution is -0.144. The molecule has 0 saturated carbocycles. The Balaban J connectivity index is 2.87. The zero-order valence-electron chi connectivity index (χ0n) is 10.5. The maximum absolute atomic E-state index is 12.0. The second kappa shape index (κ2) is 5.05. The molecule has 1 rings (SSSR count). The van der Waals surface area contributed by atoms with E-state index in [9.17, 15) is 22.8 Å². The summed E-state index contributed by atoms with van der Waals surface area (Å²) in [6.45, 7) is 3.14. The molecule has 0 aromatic carbocycles. The lowest BCUT2D eigenvalue weighted by Crippen LogP contribution is -2.59.